The Bertz CT molecular complexity index is 947. The lowest BCUT2D eigenvalue weighted by molar-refractivity contribution is -0.115. The van der Waals surface area contributed by atoms with Crippen LogP contribution in [0.4, 0.5) is 5.69 Å². The maximum Gasteiger partial charge on any atom is 0.237 e. The maximum absolute atomic E-state index is 12.5. The van der Waals surface area contributed by atoms with Crippen molar-refractivity contribution in [3.8, 4) is 11.4 Å². The molecule has 0 saturated carbocycles. The van der Waals surface area contributed by atoms with Crippen LogP contribution < -0.4 is 10.1 Å². The molecular weight excluding hydrogens is 407 g/mol. The van der Waals surface area contributed by atoms with E-state index in [4.69, 9.17) is 27.9 Å². The molecule has 1 aromatic heterocycles. The average Bonchev–Trinajstić information content (AvgIpc) is 3.12. The van der Waals surface area contributed by atoms with E-state index in [9.17, 15) is 4.79 Å². The zero-order chi connectivity index (χ0) is 19.4. The molecule has 2 aromatic carbocycles. The Hall–Kier alpha value is -2.22. The number of thioether (sulfide) groups is 1. The van der Waals surface area contributed by atoms with Gasteiger partial charge in [0.05, 0.1) is 23.1 Å². The van der Waals surface area contributed by atoms with Gasteiger partial charge in [0.1, 0.15) is 12.1 Å². The van der Waals surface area contributed by atoms with Gasteiger partial charge in [0, 0.05) is 10.7 Å². The largest absolute Gasteiger partial charge is 0.497 e. The van der Waals surface area contributed by atoms with Crippen LogP contribution >= 0.6 is 35.0 Å². The number of carbonyl (C=O) groups is 1. The lowest BCUT2D eigenvalue weighted by Crippen LogP contribution is -2.23. The second-order valence-corrected chi connectivity index (χ2v) is 7.71. The first-order chi connectivity index (χ1) is 13.0. The number of hydrogen-bond acceptors (Lipinski definition) is 5. The molecule has 140 valence electrons. The van der Waals surface area contributed by atoms with Crippen molar-refractivity contribution in [1.82, 2.24) is 14.8 Å². The van der Waals surface area contributed by atoms with Crippen LogP contribution in [-0.2, 0) is 4.79 Å². The number of anilines is 1. The van der Waals surface area contributed by atoms with Gasteiger partial charge in [0.15, 0.2) is 5.16 Å². The number of nitrogens with one attached hydrogen (secondary N) is 1. The number of halogens is 2. The van der Waals surface area contributed by atoms with Crippen LogP contribution in [0, 0.1) is 0 Å². The summed E-state index contributed by atoms with van der Waals surface area (Å²) in [7, 11) is 1.61. The summed E-state index contributed by atoms with van der Waals surface area (Å²) in [6, 6.07) is 12.4. The molecule has 0 fully saturated rings. The molecule has 0 saturated heterocycles. The first kappa shape index (κ1) is 19.5. The third kappa shape index (κ3) is 4.74. The van der Waals surface area contributed by atoms with Gasteiger partial charge >= 0.3 is 0 Å². The van der Waals surface area contributed by atoms with E-state index in [1.54, 1.807) is 38.6 Å². The molecule has 9 heteroatoms. The van der Waals surface area contributed by atoms with Gasteiger partial charge in [-0.15, -0.1) is 10.2 Å². The molecule has 0 bridgehead atoms. The van der Waals surface area contributed by atoms with Crippen LogP contribution in [0.2, 0.25) is 10.0 Å². The predicted octanol–water partition coefficient (Wildman–Crippen LogP) is 4.70. The predicted molar refractivity (Wildman–Crippen MR) is 108 cm³/mol. The van der Waals surface area contributed by atoms with Crippen LogP contribution in [0.25, 0.3) is 5.69 Å². The molecule has 1 atom stereocenters. The van der Waals surface area contributed by atoms with E-state index in [1.807, 2.05) is 28.8 Å². The van der Waals surface area contributed by atoms with Gasteiger partial charge in [-0.05, 0) is 49.4 Å². The van der Waals surface area contributed by atoms with Crippen molar-refractivity contribution in [2.45, 2.75) is 17.3 Å². The minimum Gasteiger partial charge on any atom is -0.497 e. The molecule has 0 unspecified atom stereocenters. The summed E-state index contributed by atoms with van der Waals surface area (Å²) in [6.07, 6.45) is 1.60. The van der Waals surface area contributed by atoms with Gasteiger partial charge in [-0.2, -0.15) is 0 Å². The standard InChI is InChI=1S/C18H16Cl2N4O2S/c1-11(17(25)22-16-8-3-12(19)9-15(16)20)27-18-23-21-10-24(18)13-4-6-14(26-2)7-5-13/h3-11H,1-2H3,(H,22,25)/t11-/m1/s1. The van der Waals surface area contributed by atoms with E-state index in [1.165, 1.54) is 11.8 Å². The summed E-state index contributed by atoms with van der Waals surface area (Å²) in [4.78, 5) is 12.5. The smallest absolute Gasteiger partial charge is 0.237 e. The highest BCUT2D eigenvalue weighted by atomic mass is 35.5. The molecule has 6 nitrogen and oxygen atoms in total. The first-order valence-corrected chi connectivity index (χ1v) is 9.58. The summed E-state index contributed by atoms with van der Waals surface area (Å²) in [5.41, 5.74) is 1.38. The number of ether oxygens (including phenoxy) is 1. The molecule has 0 spiro atoms. The van der Waals surface area contributed by atoms with Crippen molar-refractivity contribution in [3.05, 3.63) is 58.8 Å². The number of methoxy groups -OCH3 is 1. The summed E-state index contributed by atoms with van der Waals surface area (Å²) >= 11 is 13.3. The summed E-state index contributed by atoms with van der Waals surface area (Å²) in [6.45, 7) is 1.79. The molecular formula is C18H16Cl2N4O2S. The van der Waals surface area contributed by atoms with E-state index in [0.29, 0.717) is 20.9 Å². The summed E-state index contributed by atoms with van der Waals surface area (Å²) < 4.78 is 6.98. The van der Waals surface area contributed by atoms with E-state index in [0.717, 1.165) is 11.4 Å². The van der Waals surface area contributed by atoms with Gasteiger partial charge in [-0.1, -0.05) is 35.0 Å². The van der Waals surface area contributed by atoms with Crippen LogP contribution in [0.3, 0.4) is 0 Å². The Kier molecular flexibility index (Phi) is 6.26. The van der Waals surface area contributed by atoms with E-state index in [2.05, 4.69) is 15.5 Å². The minimum atomic E-state index is -0.419. The molecule has 1 N–H and O–H groups in total. The summed E-state index contributed by atoms with van der Waals surface area (Å²) in [5, 5.41) is 11.9. The lowest BCUT2D eigenvalue weighted by Gasteiger charge is -2.13. The second-order valence-electron chi connectivity index (χ2n) is 5.56. The highest BCUT2D eigenvalue weighted by Gasteiger charge is 2.19. The van der Waals surface area contributed by atoms with Gasteiger partial charge in [0.2, 0.25) is 5.91 Å². The van der Waals surface area contributed by atoms with Crippen molar-refractivity contribution >= 4 is 46.6 Å². The van der Waals surface area contributed by atoms with Crippen LogP contribution in [0.1, 0.15) is 6.92 Å². The SMILES string of the molecule is COc1ccc(-n2cnnc2S[C@H](C)C(=O)Nc2ccc(Cl)cc2Cl)cc1. The number of amides is 1. The van der Waals surface area contributed by atoms with Crippen molar-refractivity contribution < 1.29 is 9.53 Å². The Labute approximate surface area is 170 Å². The molecule has 1 amide bonds. The lowest BCUT2D eigenvalue weighted by atomic mass is 10.3. The number of aromatic nitrogens is 3. The summed E-state index contributed by atoms with van der Waals surface area (Å²) in [5.74, 6) is 0.558. The first-order valence-electron chi connectivity index (χ1n) is 7.95. The Balaban J connectivity index is 1.71. The van der Waals surface area contributed by atoms with E-state index < -0.39 is 5.25 Å². The van der Waals surface area contributed by atoms with Gasteiger partial charge in [-0.25, -0.2) is 0 Å². The van der Waals surface area contributed by atoms with Gasteiger partial charge in [-0.3, -0.25) is 9.36 Å². The molecule has 0 aliphatic rings. The highest BCUT2D eigenvalue weighted by Crippen LogP contribution is 2.28. The Morgan fingerprint density at radius 2 is 1.96 bits per heavy atom. The molecule has 1 heterocycles. The molecule has 3 rings (SSSR count). The average molecular weight is 423 g/mol. The van der Waals surface area contributed by atoms with Crippen LogP contribution in [0.5, 0.6) is 5.75 Å². The van der Waals surface area contributed by atoms with Gasteiger partial charge < -0.3 is 10.1 Å². The number of carbonyl (C=O) groups excluding carboxylic acids is 1. The second kappa shape index (κ2) is 8.65. The third-order valence-corrected chi connectivity index (χ3v) is 5.31. The quantitative estimate of drug-likeness (QED) is 0.582. The van der Waals surface area contributed by atoms with E-state index in [-0.39, 0.29) is 5.91 Å². The topological polar surface area (TPSA) is 69.0 Å². The Morgan fingerprint density at radius 1 is 1.22 bits per heavy atom. The number of rotatable bonds is 6. The van der Waals surface area contributed by atoms with Gasteiger partial charge in [0.25, 0.3) is 0 Å². The molecule has 3 aromatic rings. The maximum atomic E-state index is 12.5. The van der Waals surface area contributed by atoms with Crippen molar-refractivity contribution in [2.75, 3.05) is 12.4 Å². The monoisotopic (exact) mass is 422 g/mol. The number of hydrogen-bond donors (Lipinski definition) is 1. The van der Waals surface area contributed by atoms with Crippen molar-refractivity contribution in [1.29, 1.82) is 0 Å². The zero-order valence-corrected chi connectivity index (χ0v) is 16.8. The zero-order valence-electron chi connectivity index (χ0n) is 14.5. The number of nitrogens with zero attached hydrogens (tertiary/aromatic N) is 3. The molecule has 0 aliphatic heterocycles. The fraction of sp³-hybridized carbons (Fsp3) is 0.167. The fourth-order valence-corrected chi connectivity index (χ4v) is 3.56. The van der Waals surface area contributed by atoms with Crippen molar-refractivity contribution in [3.63, 3.8) is 0 Å². The van der Waals surface area contributed by atoms with E-state index >= 15 is 0 Å². The van der Waals surface area contributed by atoms with Crippen LogP contribution in [-0.4, -0.2) is 33.0 Å². The number of benzene rings is 2. The van der Waals surface area contributed by atoms with Crippen molar-refractivity contribution in [2.24, 2.45) is 0 Å². The third-order valence-electron chi connectivity index (χ3n) is 3.71. The van der Waals surface area contributed by atoms with Crippen LogP contribution in [0.15, 0.2) is 53.9 Å². The highest BCUT2D eigenvalue weighted by molar-refractivity contribution is 8.00. The molecule has 0 radical (unpaired) electrons. The minimum absolute atomic E-state index is 0.200. The molecule has 0 aliphatic carbocycles. The molecule has 27 heavy (non-hydrogen) atoms. The normalized spacial score (nSPS) is 11.9. The Morgan fingerprint density at radius 3 is 2.63 bits per heavy atom. The fourth-order valence-electron chi connectivity index (χ4n) is 2.26.